The predicted molar refractivity (Wildman–Crippen MR) is 86.1 cm³/mol. The van der Waals surface area contributed by atoms with E-state index in [4.69, 9.17) is 0 Å². The number of hydrogen-bond acceptors (Lipinski definition) is 6. The highest BCUT2D eigenvalue weighted by Gasteiger charge is 2.09. The van der Waals surface area contributed by atoms with Crippen LogP contribution in [-0.2, 0) is 6.54 Å². The van der Waals surface area contributed by atoms with Crippen molar-refractivity contribution < 1.29 is 4.92 Å². The number of thiazole rings is 1. The van der Waals surface area contributed by atoms with Gasteiger partial charge in [0.05, 0.1) is 11.5 Å². The molecule has 0 saturated carbocycles. The summed E-state index contributed by atoms with van der Waals surface area (Å²) in [5.74, 6) is 0. The third-order valence-electron chi connectivity index (χ3n) is 3.10. The van der Waals surface area contributed by atoms with E-state index in [2.05, 4.69) is 29.0 Å². The summed E-state index contributed by atoms with van der Waals surface area (Å²) in [6.07, 6.45) is 1.85. The molecule has 0 fully saturated rings. The summed E-state index contributed by atoms with van der Waals surface area (Å²) in [6.45, 7) is 6.68. The zero-order valence-electron chi connectivity index (χ0n) is 12.1. The van der Waals surface area contributed by atoms with Crippen molar-refractivity contribution in [2.75, 3.05) is 23.3 Å². The topological polar surface area (TPSA) is 71.3 Å². The molecule has 1 aromatic carbocycles. The molecule has 21 heavy (non-hydrogen) atoms. The highest BCUT2D eigenvalue weighted by atomic mass is 32.1. The SMILES string of the molecule is CCN(CC)c1ncc(CNc2cccc([N+](=O)[O-])c2)s1. The van der Waals surface area contributed by atoms with Gasteiger partial charge in [0.1, 0.15) is 0 Å². The summed E-state index contributed by atoms with van der Waals surface area (Å²) in [6, 6.07) is 6.51. The van der Waals surface area contributed by atoms with Crippen LogP contribution in [0.1, 0.15) is 18.7 Å². The third kappa shape index (κ3) is 3.91. The highest BCUT2D eigenvalue weighted by Crippen LogP contribution is 2.24. The molecule has 0 spiro atoms. The first-order valence-corrected chi connectivity index (χ1v) is 7.63. The summed E-state index contributed by atoms with van der Waals surface area (Å²) >= 11 is 1.64. The molecule has 2 aromatic rings. The second-order valence-corrected chi connectivity index (χ2v) is 5.54. The Balaban J connectivity index is 2.00. The monoisotopic (exact) mass is 306 g/mol. The second kappa shape index (κ2) is 7.03. The van der Waals surface area contributed by atoms with Gasteiger partial charge in [-0.25, -0.2) is 4.98 Å². The van der Waals surface area contributed by atoms with Crippen LogP contribution in [0.4, 0.5) is 16.5 Å². The number of nitrogens with zero attached hydrogens (tertiary/aromatic N) is 3. The minimum atomic E-state index is -0.393. The summed E-state index contributed by atoms with van der Waals surface area (Å²) in [4.78, 5) is 18.1. The lowest BCUT2D eigenvalue weighted by molar-refractivity contribution is -0.384. The van der Waals surface area contributed by atoms with Crippen LogP contribution in [-0.4, -0.2) is 23.0 Å². The van der Waals surface area contributed by atoms with Crippen molar-refractivity contribution in [1.82, 2.24) is 4.98 Å². The van der Waals surface area contributed by atoms with Gasteiger partial charge >= 0.3 is 0 Å². The smallest absolute Gasteiger partial charge is 0.271 e. The summed E-state index contributed by atoms with van der Waals surface area (Å²) in [5.41, 5.74) is 0.829. The van der Waals surface area contributed by atoms with Crippen LogP contribution in [0, 0.1) is 10.1 Å². The molecule has 7 heteroatoms. The fourth-order valence-electron chi connectivity index (χ4n) is 1.94. The summed E-state index contributed by atoms with van der Waals surface area (Å²) in [7, 11) is 0. The highest BCUT2D eigenvalue weighted by molar-refractivity contribution is 7.15. The fourth-order valence-corrected chi connectivity index (χ4v) is 2.91. The quantitative estimate of drug-likeness (QED) is 0.626. The number of anilines is 2. The molecule has 6 nitrogen and oxygen atoms in total. The second-order valence-electron chi connectivity index (χ2n) is 4.44. The van der Waals surface area contributed by atoms with Gasteiger partial charge in [0.15, 0.2) is 5.13 Å². The third-order valence-corrected chi connectivity index (χ3v) is 4.16. The number of aromatic nitrogens is 1. The van der Waals surface area contributed by atoms with E-state index < -0.39 is 4.92 Å². The Morgan fingerprint density at radius 3 is 2.81 bits per heavy atom. The van der Waals surface area contributed by atoms with Crippen molar-refractivity contribution in [3.05, 3.63) is 45.5 Å². The van der Waals surface area contributed by atoms with Gasteiger partial charge in [0.25, 0.3) is 5.69 Å². The predicted octanol–water partition coefficient (Wildman–Crippen LogP) is 3.51. The number of nitro benzene ring substituents is 1. The molecule has 0 unspecified atom stereocenters. The van der Waals surface area contributed by atoms with E-state index in [1.165, 1.54) is 12.1 Å². The Kier molecular flexibility index (Phi) is 5.10. The summed E-state index contributed by atoms with van der Waals surface area (Å²) in [5, 5.41) is 14.9. The molecule has 0 radical (unpaired) electrons. The van der Waals surface area contributed by atoms with Crippen LogP contribution < -0.4 is 10.2 Å². The number of non-ortho nitro benzene ring substituents is 1. The molecular formula is C14H18N4O2S. The van der Waals surface area contributed by atoms with E-state index in [0.717, 1.165) is 28.8 Å². The number of hydrogen-bond donors (Lipinski definition) is 1. The van der Waals surface area contributed by atoms with Crippen LogP contribution in [0.15, 0.2) is 30.5 Å². The Morgan fingerprint density at radius 1 is 1.38 bits per heavy atom. The van der Waals surface area contributed by atoms with Crippen molar-refractivity contribution in [2.45, 2.75) is 20.4 Å². The van der Waals surface area contributed by atoms with Gasteiger partial charge in [0, 0.05) is 42.0 Å². The normalized spacial score (nSPS) is 10.4. The van der Waals surface area contributed by atoms with Crippen molar-refractivity contribution in [3.63, 3.8) is 0 Å². The van der Waals surface area contributed by atoms with Crippen molar-refractivity contribution >= 4 is 27.8 Å². The Hall–Kier alpha value is -2.15. The van der Waals surface area contributed by atoms with Crippen molar-refractivity contribution in [2.24, 2.45) is 0 Å². The van der Waals surface area contributed by atoms with Crippen LogP contribution in [0.2, 0.25) is 0 Å². The van der Waals surface area contributed by atoms with E-state index in [9.17, 15) is 10.1 Å². The van der Waals surface area contributed by atoms with E-state index in [1.807, 2.05) is 12.3 Å². The first-order chi connectivity index (χ1) is 10.1. The molecule has 2 rings (SSSR count). The van der Waals surface area contributed by atoms with E-state index in [0.29, 0.717) is 6.54 Å². The molecule has 0 bridgehead atoms. The van der Waals surface area contributed by atoms with Gasteiger partial charge in [0.2, 0.25) is 0 Å². The lowest BCUT2D eigenvalue weighted by atomic mass is 10.3. The van der Waals surface area contributed by atoms with Crippen LogP contribution in [0.25, 0.3) is 0 Å². The summed E-state index contributed by atoms with van der Waals surface area (Å²) < 4.78 is 0. The Bertz CT molecular complexity index is 611. The van der Waals surface area contributed by atoms with Gasteiger partial charge in [-0.3, -0.25) is 10.1 Å². The fraction of sp³-hybridized carbons (Fsp3) is 0.357. The number of nitrogens with one attached hydrogen (secondary N) is 1. The average molecular weight is 306 g/mol. The molecular weight excluding hydrogens is 288 g/mol. The molecule has 1 N–H and O–H groups in total. The molecule has 0 atom stereocenters. The zero-order chi connectivity index (χ0) is 15.2. The molecule has 0 aliphatic heterocycles. The van der Waals surface area contributed by atoms with E-state index in [1.54, 1.807) is 17.4 Å². The largest absolute Gasteiger partial charge is 0.380 e. The van der Waals surface area contributed by atoms with Gasteiger partial charge in [-0.1, -0.05) is 6.07 Å². The maximum atomic E-state index is 10.7. The van der Waals surface area contributed by atoms with Crippen LogP contribution >= 0.6 is 11.3 Å². The molecule has 112 valence electrons. The van der Waals surface area contributed by atoms with Gasteiger partial charge in [-0.15, -0.1) is 11.3 Å². The van der Waals surface area contributed by atoms with Gasteiger partial charge in [-0.05, 0) is 19.9 Å². The molecule has 0 amide bonds. The molecule has 1 heterocycles. The van der Waals surface area contributed by atoms with E-state index >= 15 is 0 Å². The average Bonchev–Trinajstić information content (AvgIpc) is 2.95. The van der Waals surface area contributed by atoms with E-state index in [-0.39, 0.29) is 5.69 Å². The minimum absolute atomic E-state index is 0.0909. The Labute approximate surface area is 127 Å². The van der Waals surface area contributed by atoms with Crippen LogP contribution in [0.3, 0.4) is 0 Å². The van der Waals surface area contributed by atoms with Gasteiger partial charge in [-0.2, -0.15) is 0 Å². The maximum Gasteiger partial charge on any atom is 0.271 e. The molecule has 0 aliphatic rings. The molecule has 1 aromatic heterocycles. The molecule has 0 aliphatic carbocycles. The first kappa shape index (κ1) is 15.2. The minimum Gasteiger partial charge on any atom is -0.380 e. The zero-order valence-corrected chi connectivity index (χ0v) is 12.9. The molecule has 0 saturated heterocycles. The Morgan fingerprint density at radius 2 is 2.14 bits per heavy atom. The van der Waals surface area contributed by atoms with Gasteiger partial charge < -0.3 is 10.2 Å². The van der Waals surface area contributed by atoms with Crippen molar-refractivity contribution in [3.8, 4) is 0 Å². The van der Waals surface area contributed by atoms with Crippen LogP contribution in [0.5, 0.6) is 0 Å². The lowest BCUT2D eigenvalue weighted by Gasteiger charge is -2.16. The number of nitro groups is 1. The lowest BCUT2D eigenvalue weighted by Crippen LogP contribution is -2.21. The first-order valence-electron chi connectivity index (χ1n) is 6.82. The van der Waals surface area contributed by atoms with Crippen molar-refractivity contribution in [1.29, 1.82) is 0 Å². The number of benzene rings is 1. The number of rotatable bonds is 7. The maximum absolute atomic E-state index is 10.7. The standard InChI is InChI=1S/C14H18N4O2S/c1-3-17(4-2)14-16-10-13(21-14)9-15-11-6-5-7-12(8-11)18(19)20/h5-8,10,15H,3-4,9H2,1-2H3.